The first-order chi connectivity index (χ1) is 11.3. The van der Waals surface area contributed by atoms with Crippen LogP contribution in [-0.4, -0.2) is 30.3 Å². The summed E-state index contributed by atoms with van der Waals surface area (Å²) < 4.78 is 16.4. The van der Waals surface area contributed by atoms with Crippen molar-refractivity contribution in [2.45, 2.75) is 0 Å². The van der Waals surface area contributed by atoms with Crippen LogP contribution in [0.4, 0.5) is 11.5 Å². The van der Waals surface area contributed by atoms with Gasteiger partial charge >= 0.3 is 0 Å². The third-order valence-electron chi connectivity index (χ3n) is 3.65. The van der Waals surface area contributed by atoms with Crippen LogP contribution in [0.5, 0.6) is 17.2 Å². The van der Waals surface area contributed by atoms with Crippen molar-refractivity contribution < 1.29 is 14.2 Å². The Balaban J connectivity index is 1.70. The third-order valence-corrected chi connectivity index (χ3v) is 3.65. The average Bonchev–Trinajstić information content (AvgIpc) is 2.61. The van der Waals surface area contributed by atoms with Crippen LogP contribution >= 0.6 is 0 Å². The summed E-state index contributed by atoms with van der Waals surface area (Å²) in [7, 11) is 1.64. The summed E-state index contributed by atoms with van der Waals surface area (Å²) in [5.41, 5.74) is 1.70. The van der Waals surface area contributed by atoms with Crippen LogP contribution in [0.25, 0.3) is 10.9 Å². The Labute approximate surface area is 133 Å². The fourth-order valence-corrected chi connectivity index (χ4v) is 2.52. The van der Waals surface area contributed by atoms with E-state index in [-0.39, 0.29) is 0 Å². The molecule has 0 bridgehead atoms. The molecule has 0 fully saturated rings. The lowest BCUT2D eigenvalue weighted by Crippen LogP contribution is -2.15. The Morgan fingerprint density at radius 2 is 1.87 bits per heavy atom. The second-order valence-electron chi connectivity index (χ2n) is 5.09. The fourth-order valence-electron chi connectivity index (χ4n) is 2.52. The number of nitrogens with zero attached hydrogens (tertiary/aromatic N) is 2. The van der Waals surface area contributed by atoms with Gasteiger partial charge in [-0.1, -0.05) is 0 Å². The summed E-state index contributed by atoms with van der Waals surface area (Å²) in [6.07, 6.45) is 1.53. The van der Waals surface area contributed by atoms with Gasteiger partial charge in [-0.3, -0.25) is 0 Å². The molecule has 1 N–H and O–H groups in total. The highest BCUT2D eigenvalue weighted by molar-refractivity contribution is 5.91. The summed E-state index contributed by atoms with van der Waals surface area (Å²) in [4.78, 5) is 8.62. The number of aromatic nitrogens is 2. The lowest BCUT2D eigenvalue weighted by molar-refractivity contribution is 0.171. The van der Waals surface area contributed by atoms with Crippen molar-refractivity contribution in [1.82, 2.24) is 9.97 Å². The van der Waals surface area contributed by atoms with Crippen molar-refractivity contribution in [2.24, 2.45) is 0 Å². The van der Waals surface area contributed by atoms with Crippen molar-refractivity contribution in [3.05, 3.63) is 42.7 Å². The van der Waals surface area contributed by atoms with Gasteiger partial charge in [0, 0.05) is 23.2 Å². The Hall–Kier alpha value is -3.02. The zero-order valence-corrected chi connectivity index (χ0v) is 12.6. The van der Waals surface area contributed by atoms with Crippen LogP contribution in [0.1, 0.15) is 0 Å². The highest BCUT2D eigenvalue weighted by atomic mass is 16.6. The first-order valence-corrected chi connectivity index (χ1v) is 7.29. The van der Waals surface area contributed by atoms with E-state index in [1.807, 2.05) is 36.4 Å². The molecule has 23 heavy (non-hydrogen) atoms. The van der Waals surface area contributed by atoms with Gasteiger partial charge in [-0.25, -0.2) is 9.97 Å². The summed E-state index contributed by atoms with van der Waals surface area (Å²) in [6, 6.07) is 11.4. The molecule has 0 saturated carbocycles. The second-order valence-corrected chi connectivity index (χ2v) is 5.09. The van der Waals surface area contributed by atoms with E-state index in [4.69, 9.17) is 14.2 Å². The first kappa shape index (κ1) is 13.6. The van der Waals surface area contributed by atoms with E-state index in [1.54, 1.807) is 7.11 Å². The normalized spacial score (nSPS) is 12.9. The molecular weight excluding hydrogens is 294 g/mol. The second kappa shape index (κ2) is 5.64. The van der Waals surface area contributed by atoms with Crippen molar-refractivity contribution in [3.63, 3.8) is 0 Å². The van der Waals surface area contributed by atoms with E-state index in [0.717, 1.165) is 39.7 Å². The molecule has 0 spiro atoms. The fraction of sp³-hybridized carbons (Fsp3) is 0.176. The van der Waals surface area contributed by atoms with E-state index >= 15 is 0 Å². The molecule has 4 rings (SSSR count). The van der Waals surface area contributed by atoms with Crippen molar-refractivity contribution >= 4 is 22.4 Å². The van der Waals surface area contributed by atoms with Crippen LogP contribution in [0.3, 0.4) is 0 Å². The molecule has 1 aliphatic rings. The van der Waals surface area contributed by atoms with Crippen LogP contribution in [-0.2, 0) is 0 Å². The number of ether oxygens (including phenoxy) is 3. The number of anilines is 2. The predicted octanol–water partition coefficient (Wildman–Crippen LogP) is 3.15. The topological polar surface area (TPSA) is 65.5 Å². The molecule has 2 heterocycles. The lowest BCUT2D eigenvalue weighted by Gasteiger charge is -2.19. The number of fused-ring (bicyclic) bond motifs is 2. The highest BCUT2D eigenvalue weighted by Crippen LogP contribution is 2.34. The van der Waals surface area contributed by atoms with Gasteiger partial charge in [0.2, 0.25) is 0 Å². The van der Waals surface area contributed by atoms with Crippen molar-refractivity contribution in [1.29, 1.82) is 0 Å². The Kier molecular flexibility index (Phi) is 3.34. The minimum atomic E-state index is 0.562. The van der Waals surface area contributed by atoms with E-state index in [9.17, 15) is 0 Å². The largest absolute Gasteiger partial charge is 0.497 e. The molecule has 0 radical (unpaired) electrons. The van der Waals surface area contributed by atoms with Gasteiger partial charge in [-0.2, -0.15) is 0 Å². The maximum atomic E-state index is 5.61. The molecule has 0 atom stereocenters. The summed E-state index contributed by atoms with van der Waals surface area (Å²) >= 11 is 0. The molecule has 0 amide bonds. The minimum absolute atomic E-state index is 0.562. The van der Waals surface area contributed by atoms with Crippen LogP contribution in [0, 0.1) is 0 Å². The molecule has 2 aromatic carbocycles. The SMILES string of the molecule is COc1ccc2c(Nc3ccc4c(c3)OCCO4)ncnc2c1. The minimum Gasteiger partial charge on any atom is -0.497 e. The smallest absolute Gasteiger partial charge is 0.163 e. The molecule has 0 aliphatic carbocycles. The van der Waals surface area contributed by atoms with Crippen molar-refractivity contribution in [2.75, 3.05) is 25.6 Å². The Morgan fingerprint density at radius 1 is 1.00 bits per heavy atom. The first-order valence-electron chi connectivity index (χ1n) is 7.29. The number of hydrogen-bond donors (Lipinski definition) is 1. The van der Waals surface area contributed by atoms with Gasteiger partial charge in [-0.15, -0.1) is 0 Å². The molecule has 6 nitrogen and oxygen atoms in total. The predicted molar refractivity (Wildman–Crippen MR) is 86.8 cm³/mol. The molecule has 0 saturated heterocycles. The van der Waals surface area contributed by atoms with E-state index in [0.29, 0.717) is 13.2 Å². The zero-order chi connectivity index (χ0) is 15.6. The number of nitrogens with one attached hydrogen (secondary N) is 1. The number of methoxy groups -OCH3 is 1. The number of benzene rings is 2. The maximum absolute atomic E-state index is 5.61. The summed E-state index contributed by atoms with van der Waals surface area (Å²) in [6.45, 7) is 1.14. The Bertz CT molecular complexity index is 867. The van der Waals surface area contributed by atoms with Crippen LogP contribution < -0.4 is 19.5 Å². The van der Waals surface area contributed by atoms with E-state index in [1.165, 1.54) is 6.33 Å². The van der Waals surface area contributed by atoms with E-state index in [2.05, 4.69) is 15.3 Å². The molecule has 0 unspecified atom stereocenters. The molecule has 1 aromatic heterocycles. The maximum Gasteiger partial charge on any atom is 0.163 e. The molecule has 1 aliphatic heterocycles. The zero-order valence-electron chi connectivity index (χ0n) is 12.6. The summed E-state index contributed by atoms with van der Waals surface area (Å²) in [5.74, 6) is 3.00. The van der Waals surface area contributed by atoms with Gasteiger partial charge in [-0.05, 0) is 24.3 Å². The monoisotopic (exact) mass is 309 g/mol. The molecule has 116 valence electrons. The third kappa shape index (κ3) is 2.59. The Morgan fingerprint density at radius 3 is 2.74 bits per heavy atom. The average molecular weight is 309 g/mol. The van der Waals surface area contributed by atoms with Crippen molar-refractivity contribution in [3.8, 4) is 17.2 Å². The van der Waals surface area contributed by atoms with Crippen LogP contribution in [0.2, 0.25) is 0 Å². The van der Waals surface area contributed by atoms with Gasteiger partial charge in [0.1, 0.15) is 31.1 Å². The molecule has 6 heteroatoms. The lowest BCUT2D eigenvalue weighted by atomic mass is 10.2. The van der Waals surface area contributed by atoms with Gasteiger partial charge in [0.15, 0.2) is 11.5 Å². The quantitative estimate of drug-likeness (QED) is 0.802. The highest BCUT2D eigenvalue weighted by Gasteiger charge is 2.12. The molecule has 3 aromatic rings. The van der Waals surface area contributed by atoms with Gasteiger partial charge in [0.05, 0.1) is 12.6 Å². The summed E-state index contributed by atoms with van der Waals surface area (Å²) in [5, 5.41) is 4.23. The van der Waals surface area contributed by atoms with Gasteiger partial charge < -0.3 is 19.5 Å². The standard InChI is InChI=1S/C17H15N3O3/c1-21-12-3-4-13-14(9-12)18-10-19-17(13)20-11-2-5-15-16(8-11)23-7-6-22-15/h2-5,8-10H,6-7H2,1H3,(H,18,19,20). The number of hydrogen-bond acceptors (Lipinski definition) is 6. The number of rotatable bonds is 3. The van der Waals surface area contributed by atoms with Gasteiger partial charge in [0.25, 0.3) is 0 Å². The van der Waals surface area contributed by atoms with Crippen LogP contribution in [0.15, 0.2) is 42.7 Å². The van der Waals surface area contributed by atoms with E-state index < -0.39 is 0 Å². The molecular formula is C17H15N3O3.